The first kappa shape index (κ1) is 18.1. The monoisotopic (exact) mass is 387 g/mol. The average Bonchev–Trinajstić information content (AvgIpc) is 3.43. The molecule has 2 aliphatic rings. The highest BCUT2D eigenvalue weighted by Gasteiger charge is 2.30. The van der Waals surface area contributed by atoms with Gasteiger partial charge in [-0.1, -0.05) is 6.07 Å². The van der Waals surface area contributed by atoms with Gasteiger partial charge in [-0.3, -0.25) is 9.59 Å². The smallest absolute Gasteiger partial charge is 0.253 e. The number of likely N-dealkylation sites (tertiary alicyclic amines) is 1. The molecule has 1 N–H and O–H groups in total. The summed E-state index contributed by atoms with van der Waals surface area (Å²) in [6, 6.07) is 5.84. The summed E-state index contributed by atoms with van der Waals surface area (Å²) in [5.74, 6) is -0.0213. The highest BCUT2D eigenvalue weighted by Crippen LogP contribution is 2.31. The highest BCUT2D eigenvalue weighted by atomic mass is 32.1. The van der Waals surface area contributed by atoms with E-state index in [1.165, 1.54) is 12.1 Å². The standard InChI is InChI=1S/C20H22FN3O2S/c21-16-5-1-3-14(9-16)20(26)24-8-2-4-15(11-24)19-23-17(12-27-19)10-22-18(25)13-6-7-13/h1,3,5,9,12-13,15H,2,4,6-8,10-11H2,(H,22,25). The van der Waals surface area contributed by atoms with Crippen molar-refractivity contribution < 1.29 is 14.0 Å². The third-order valence-corrected chi connectivity index (χ3v) is 6.15. The first-order chi connectivity index (χ1) is 13.1. The second kappa shape index (κ2) is 7.76. The summed E-state index contributed by atoms with van der Waals surface area (Å²) in [6.45, 7) is 1.74. The van der Waals surface area contributed by atoms with Gasteiger partial charge in [-0.2, -0.15) is 0 Å². The molecule has 5 nitrogen and oxygen atoms in total. The van der Waals surface area contributed by atoms with Crippen molar-refractivity contribution >= 4 is 23.2 Å². The Bertz CT molecular complexity index is 849. The molecule has 1 aliphatic heterocycles. The van der Waals surface area contributed by atoms with Crippen molar-refractivity contribution in [3.05, 3.63) is 51.7 Å². The number of hydrogen-bond acceptors (Lipinski definition) is 4. The summed E-state index contributed by atoms with van der Waals surface area (Å²) in [5.41, 5.74) is 1.26. The number of carbonyl (C=O) groups is 2. The Hall–Kier alpha value is -2.28. The van der Waals surface area contributed by atoms with Crippen LogP contribution in [0.4, 0.5) is 4.39 Å². The fourth-order valence-corrected chi connectivity index (χ4v) is 4.37. The van der Waals surface area contributed by atoms with Crippen LogP contribution in [-0.2, 0) is 11.3 Å². The van der Waals surface area contributed by atoms with Gasteiger partial charge in [0, 0.05) is 35.9 Å². The molecule has 1 saturated carbocycles. The number of carbonyl (C=O) groups excluding carboxylic acids is 2. The van der Waals surface area contributed by atoms with Crippen LogP contribution >= 0.6 is 11.3 Å². The van der Waals surface area contributed by atoms with Crippen LogP contribution in [0.25, 0.3) is 0 Å². The van der Waals surface area contributed by atoms with Crippen LogP contribution in [-0.4, -0.2) is 34.8 Å². The number of benzene rings is 1. The number of hydrogen-bond donors (Lipinski definition) is 1. The number of rotatable bonds is 5. The van der Waals surface area contributed by atoms with E-state index in [2.05, 4.69) is 10.3 Å². The van der Waals surface area contributed by atoms with E-state index in [4.69, 9.17) is 0 Å². The summed E-state index contributed by atoms with van der Waals surface area (Å²) in [7, 11) is 0. The van der Waals surface area contributed by atoms with Gasteiger partial charge in [0.05, 0.1) is 17.2 Å². The number of amides is 2. The summed E-state index contributed by atoms with van der Waals surface area (Å²) >= 11 is 1.58. The molecule has 4 rings (SSSR count). The highest BCUT2D eigenvalue weighted by molar-refractivity contribution is 7.09. The van der Waals surface area contributed by atoms with Crippen LogP contribution in [0, 0.1) is 11.7 Å². The first-order valence-corrected chi connectivity index (χ1v) is 10.2. The van der Waals surface area contributed by atoms with Crippen molar-refractivity contribution in [2.75, 3.05) is 13.1 Å². The third-order valence-electron chi connectivity index (χ3n) is 5.09. The largest absolute Gasteiger partial charge is 0.350 e. The minimum atomic E-state index is -0.396. The van der Waals surface area contributed by atoms with Gasteiger partial charge >= 0.3 is 0 Å². The Morgan fingerprint density at radius 2 is 2.15 bits per heavy atom. The Kier molecular flexibility index (Phi) is 5.20. The van der Waals surface area contributed by atoms with Crippen LogP contribution in [0.2, 0.25) is 0 Å². The van der Waals surface area contributed by atoms with Crippen molar-refractivity contribution in [3.8, 4) is 0 Å². The van der Waals surface area contributed by atoms with E-state index < -0.39 is 5.82 Å². The Morgan fingerprint density at radius 1 is 1.30 bits per heavy atom. The van der Waals surface area contributed by atoms with E-state index in [1.807, 2.05) is 5.38 Å². The van der Waals surface area contributed by atoms with E-state index in [1.54, 1.807) is 28.4 Å². The van der Waals surface area contributed by atoms with E-state index in [-0.39, 0.29) is 23.7 Å². The lowest BCUT2D eigenvalue weighted by molar-refractivity contribution is -0.122. The lowest BCUT2D eigenvalue weighted by Crippen LogP contribution is -2.39. The van der Waals surface area contributed by atoms with Crippen molar-refractivity contribution in [3.63, 3.8) is 0 Å². The summed E-state index contributed by atoms with van der Waals surface area (Å²) in [5, 5.41) is 5.92. The number of halogens is 1. The molecule has 142 valence electrons. The zero-order chi connectivity index (χ0) is 18.8. The Labute approximate surface area is 161 Å². The fraction of sp³-hybridized carbons (Fsp3) is 0.450. The van der Waals surface area contributed by atoms with Crippen molar-refractivity contribution in [2.24, 2.45) is 5.92 Å². The molecule has 1 unspecified atom stereocenters. The lowest BCUT2D eigenvalue weighted by atomic mass is 9.98. The molecule has 1 aromatic heterocycles. The molecule has 0 bridgehead atoms. The summed E-state index contributed by atoms with van der Waals surface area (Å²) < 4.78 is 13.4. The third kappa shape index (κ3) is 4.35. The van der Waals surface area contributed by atoms with Gasteiger partial charge in [0.15, 0.2) is 0 Å². The Balaban J connectivity index is 1.38. The number of piperidine rings is 1. The molecule has 2 amide bonds. The molecular formula is C20H22FN3O2S. The maximum atomic E-state index is 13.4. The molecule has 1 aliphatic carbocycles. The average molecular weight is 387 g/mol. The SMILES string of the molecule is O=C(NCc1csc(C2CCCN(C(=O)c3cccc(F)c3)C2)n1)C1CC1. The van der Waals surface area contributed by atoms with Gasteiger partial charge in [-0.05, 0) is 43.9 Å². The number of nitrogens with zero attached hydrogens (tertiary/aromatic N) is 2. The zero-order valence-electron chi connectivity index (χ0n) is 15.0. The molecule has 2 heterocycles. The molecular weight excluding hydrogens is 365 g/mol. The minimum Gasteiger partial charge on any atom is -0.350 e. The van der Waals surface area contributed by atoms with Crippen LogP contribution in [0.1, 0.15) is 52.7 Å². The number of aromatic nitrogens is 1. The molecule has 1 saturated heterocycles. The van der Waals surface area contributed by atoms with Crippen LogP contribution in [0.5, 0.6) is 0 Å². The normalized spacial score (nSPS) is 19.7. The minimum absolute atomic E-state index is 0.120. The van der Waals surface area contributed by atoms with Crippen LogP contribution in [0.15, 0.2) is 29.6 Å². The molecule has 27 heavy (non-hydrogen) atoms. The van der Waals surface area contributed by atoms with Crippen LogP contribution < -0.4 is 5.32 Å². The molecule has 1 aromatic carbocycles. The van der Waals surface area contributed by atoms with Crippen molar-refractivity contribution in [2.45, 2.75) is 38.1 Å². The van der Waals surface area contributed by atoms with E-state index in [0.29, 0.717) is 25.2 Å². The molecule has 0 radical (unpaired) electrons. The lowest BCUT2D eigenvalue weighted by Gasteiger charge is -2.32. The van der Waals surface area contributed by atoms with Gasteiger partial charge in [0.2, 0.25) is 5.91 Å². The maximum absolute atomic E-state index is 13.4. The Morgan fingerprint density at radius 3 is 2.93 bits per heavy atom. The van der Waals surface area contributed by atoms with Gasteiger partial charge in [0.1, 0.15) is 5.82 Å². The molecule has 7 heteroatoms. The number of thiazole rings is 1. The van der Waals surface area contributed by atoms with Gasteiger partial charge in [0.25, 0.3) is 5.91 Å². The molecule has 2 fully saturated rings. The van der Waals surface area contributed by atoms with E-state index >= 15 is 0 Å². The van der Waals surface area contributed by atoms with E-state index in [0.717, 1.165) is 36.4 Å². The topological polar surface area (TPSA) is 62.3 Å². The molecule has 0 spiro atoms. The summed E-state index contributed by atoms with van der Waals surface area (Å²) in [6.07, 6.45) is 3.87. The van der Waals surface area contributed by atoms with E-state index in [9.17, 15) is 14.0 Å². The van der Waals surface area contributed by atoms with Crippen molar-refractivity contribution in [1.29, 1.82) is 0 Å². The number of nitrogens with one attached hydrogen (secondary N) is 1. The van der Waals surface area contributed by atoms with Gasteiger partial charge in [-0.15, -0.1) is 11.3 Å². The predicted molar refractivity (Wildman–Crippen MR) is 101 cm³/mol. The molecule has 1 atom stereocenters. The second-order valence-electron chi connectivity index (χ2n) is 7.27. The van der Waals surface area contributed by atoms with Crippen molar-refractivity contribution in [1.82, 2.24) is 15.2 Å². The maximum Gasteiger partial charge on any atom is 0.253 e. The van der Waals surface area contributed by atoms with Gasteiger partial charge < -0.3 is 10.2 Å². The quantitative estimate of drug-likeness (QED) is 0.856. The molecule has 2 aromatic rings. The van der Waals surface area contributed by atoms with Crippen LogP contribution in [0.3, 0.4) is 0 Å². The first-order valence-electron chi connectivity index (χ1n) is 9.37. The fourth-order valence-electron chi connectivity index (χ4n) is 3.43. The second-order valence-corrected chi connectivity index (χ2v) is 8.16. The van der Waals surface area contributed by atoms with Gasteiger partial charge in [-0.25, -0.2) is 9.37 Å². The summed E-state index contributed by atoms with van der Waals surface area (Å²) in [4.78, 5) is 30.9. The predicted octanol–water partition coefficient (Wildman–Crippen LogP) is 3.33. The zero-order valence-corrected chi connectivity index (χ0v) is 15.8.